The van der Waals surface area contributed by atoms with Crippen molar-refractivity contribution in [2.75, 3.05) is 26.4 Å². The first-order valence-electron chi connectivity index (χ1n) is 7.77. The summed E-state index contributed by atoms with van der Waals surface area (Å²) >= 11 is 0. The second-order valence-corrected chi connectivity index (χ2v) is 9.30. The first-order valence-corrected chi connectivity index (χ1v) is 9.66. The normalized spacial score (nSPS) is 13.8. The Bertz CT molecular complexity index is 658. The predicted octanol–water partition coefficient (Wildman–Crippen LogP) is 2.70. The Morgan fingerprint density at radius 1 is 1.29 bits per heavy atom. The molecule has 1 rings (SSSR count). The van der Waals surface area contributed by atoms with Crippen LogP contribution in [0.3, 0.4) is 0 Å². The van der Waals surface area contributed by atoms with Crippen molar-refractivity contribution < 1.29 is 8.42 Å². The molecule has 2 N–H and O–H groups in total. The van der Waals surface area contributed by atoms with E-state index in [-0.39, 0.29) is 24.0 Å². The smallest absolute Gasteiger partial charge is 0.191 e. The first-order chi connectivity index (χ1) is 10.6. The highest BCUT2D eigenvalue weighted by molar-refractivity contribution is 14.0. The van der Waals surface area contributed by atoms with Crippen molar-refractivity contribution in [3.8, 4) is 0 Å². The number of aryl methyl sites for hydroxylation is 1. The van der Waals surface area contributed by atoms with E-state index in [1.54, 1.807) is 20.9 Å². The van der Waals surface area contributed by atoms with Crippen LogP contribution >= 0.6 is 24.0 Å². The molecule has 0 saturated carbocycles. The third-order valence-electron chi connectivity index (χ3n) is 4.10. The Labute approximate surface area is 163 Å². The average molecular weight is 467 g/mol. The second-order valence-electron chi connectivity index (χ2n) is 6.65. The highest BCUT2D eigenvalue weighted by atomic mass is 127. The first kappa shape index (κ1) is 23.2. The van der Waals surface area contributed by atoms with Crippen LogP contribution in [0.1, 0.15) is 37.8 Å². The molecule has 0 fully saturated rings. The predicted molar refractivity (Wildman–Crippen MR) is 113 cm³/mol. The van der Waals surface area contributed by atoms with Crippen LogP contribution in [0.5, 0.6) is 0 Å². The van der Waals surface area contributed by atoms with Gasteiger partial charge in [0, 0.05) is 26.4 Å². The molecule has 0 aliphatic rings. The van der Waals surface area contributed by atoms with Gasteiger partial charge in [0.1, 0.15) is 0 Å². The molecule has 0 radical (unpaired) electrons. The third kappa shape index (κ3) is 6.96. The Hall–Kier alpha value is -0.830. The van der Waals surface area contributed by atoms with E-state index >= 15 is 0 Å². The molecule has 0 aliphatic heterocycles. The molecule has 0 aliphatic carbocycles. The lowest BCUT2D eigenvalue weighted by Gasteiger charge is -2.24. The van der Waals surface area contributed by atoms with Crippen molar-refractivity contribution in [3.63, 3.8) is 0 Å². The van der Waals surface area contributed by atoms with Crippen molar-refractivity contribution >= 4 is 39.8 Å². The van der Waals surface area contributed by atoms with Crippen LogP contribution in [0.4, 0.5) is 0 Å². The van der Waals surface area contributed by atoms with Gasteiger partial charge in [0.25, 0.3) is 0 Å². The molecule has 1 aromatic rings. The molecule has 138 valence electrons. The van der Waals surface area contributed by atoms with Crippen LogP contribution in [-0.4, -0.2) is 45.5 Å². The lowest BCUT2D eigenvalue weighted by Crippen LogP contribution is -2.48. The molecule has 1 unspecified atom stereocenters. The Morgan fingerprint density at radius 3 is 2.42 bits per heavy atom. The molecule has 24 heavy (non-hydrogen) atoms. The second kappa shape index (κ2) is 9.60. The number of aliphatic imine (C=N–C) groups is 1. The quantitative estimate of drug-likeness (QED) is 0.384. The van der Waals surface area contributed by atoms with Crippen LogP contribution in [-0.2, 0) is 9.84 Å². The van der Waals surface area contributed by atoms with Crippen molar-refractivity contribution in [3.05, 3.63) is 35.4 Å². The van der Waals surface area contributed by atoms with Crippen LogP contribution in [0, 0.1) is 6.92 Å². The lowest BCUT2D eigenvalue weighted by atomic mass is 9.99. The van der Waals surface area contributed by atoms with Gasteiger partial charge in [-0.2, -0.15) is 0 Å². The number of nitrogens with one attached hydrogen (secondary N) is 2. The van der Waals surface area contributed by atoms with Gasteiger partial charge in [-0.05, 0) is 32.3 Å². The van der Waals surface area contributed by atoms with E-state index in [2.05, 4.69) is 53.7 Å². The maximum Gasteiger partial charge on any atom is 0.191 e. The van der Waals surface area contributed by atoms with Gasteiger partial charge in [-0.3, -0.25) is 4.99 Å². The van der Waals surface area contributed by atoms with E-state index in [1.807, 2.05) is 0 Å². The lowest BCUT2D eigenvalue weighted by molar-refractivity contribution is 0.543. The maximum atomic E-state index is 11.7. The molecule has 1 atom stereocenters. The number of rotatable bonds is 6. The van der Waals surface area contributed by atoms with Gasteiger partial charge < -0.3 is 10.6 Å². The topological polar surface area (TPSA) is 70.6 Å². The summed E-state index contributed by atoms with van der Waals surface area (Å²) in [6, 6.07) is 8.43. The highest BCUT2D eigenvalue weighted by Crippen LogP contribution is 2.15. The monoisotopic (exact) mass is 467 g/mol. The Morgan fingerprint density at radius 2 is 1.92 bits per heavy atom. The van der Waals surface area contributed by atoms with Crippen molar-refractivity contribution in [1.82, 2.24) is 10.6 Å². The molecular weight excluding hydrogens is 437 g/mol. The zero-order valence-corrected chi connectivity index (χ0v) is 18.5. The summed E-state index contributed by atoms with van der Waals surface area (Å²) in [6.07, 6.45) is 1.25. The van der Waals surface area contributed by atoms with Crippen molar-refractivity contribution in [1.29, 1.82) is 0 Å². The van der Waals surface area contributed by atoms with Gasteiger partial charge in [0.2, 0.25) is 0 Å². The fraction of sp³-hybridized carbons (Fsp3) is 0.588. The van der Waals surface area contributed by atoms with E-state index in [4.69, 9.17) is 0 Å². The summed E-state index contributed by atoms with van der Waals surface area (Å²) in [7, 11) is -1.45. The zero-order chi connectivity index (χ0) is 17.7. The van der Waals surface area contributed by atoms with E-state index in [9.17, 15) is 8.42 Å². The molecule has 1 aromatic carbocycles. The van der Waals surface area contributed by atoms with E-state index in [1.165, 1.54) is 17.4 Å². The number of guanidine groups is 1. The Kier molecular flexibility index (Phi) is 9.27. The minimum Gasteiger partial charge on any atom is -0.356 e. The van der Waals surface area contributed by atoms with Crippen molar-refractivity contribution in [2.45, 2.75) is 38.4 Å². The van der Waals surface area contributed by atoms with Crippen LogP contribution in [0.15, 0.2) is 29.3 Å². The van der Waals surface area contributed by atoms with Gasteiger partial charge >= 0.3 is 0 Å². The highest BCUT2D eigenvalue weighted by Gasteiger charge is 2.30. The summed E-state index contributed by atoms with van der Waals surface area (Å²) in [6.45, 7) is 8.68. The molecule has 0 heterocycles. The molecule has 5 nitrogen and oxygen atoms in total. The molecule has 0 amide bonds. The zero-order valence-electron chi connectivity index (χ0n) is 15.4. The maximum absolute atomic E-state index is 11.7. The number of nitrogens with zero attached hydrogens (tertiary/aromatic N) is 1. The molecule has 7 heteroatoms. The fourth-order valence-corrected chi connectivity index (χ4v) is 2.33. The SMILES string of the molecule is CN=C(NCC(C)c1cccc(C)c1)NCC(C)(C)S(C)(=O)=O.I. The number of halogens is 1. The fourth-order valence-electron chi connectivity index (χ4n) is 1.99. The molecule has 0 bridgehead atoms. The number of benzene rings is 1. The summed E-state index contributed by atoms with van der Waals surface area (Å²) in [5, 5.41) is 6.35. The van der Waals surface area contributed by atoms with E-state index in [0.29, 0.717) is 18.4 Å². The number of sulfone groups is 1. The van der Waals surface area contributed by atoms with Crippen LogP contribution in [0.25, 0.3) is 0 Å². The summed E-state index contributed by atoms with van der Waals surface area (Å²) in [5.74, 6) is 0.942. The number of hydrogen-bond donors (Lipinski definition) is 2. The van der Waals surface area contributed by atoms with Gasteiger partial charge in [-0.25, -0.2) is 8.42 Å². The van der Waals surface area contributed by atoms with Crippen molar-refractivity contribution in [2.24, 2.45) is 4.99 Å². The van der Waals surface area contributed by atoms with E-state index < -0.39 is 14.6 Å². The largest absolute Gasteiger partial charge is 0.356 e. The summed E-state index contributed by atoms with van der Waals surface area (Å²) in [4.78, 5) is 4.16. The Balaban J connectivity index is 0.00000529. The molecule has 0 spiro atoms. The van der Waals surface area contributed by atoms with Crippen LogP contribution in [0.2, 0.25) is 0 Å². The molecular formula is C17H30IN3O2S. The third-order valence-corrected chi connectivity index (χ3v) is 6.25. The standard InChI is InChI=1S/C17H29N3O2S.HI/c1-13-8-7-9-15(10-13)14(2)11-19-16(18-5)20-12-17(3,4)23(6,21)22;/h7-10,14H,11-12H2,1-6H3,(H2,18,19,20);1H. The average Bonchev–Trinajstić information content (AvgIpc) is 2.46. The van der Waals surface area contributed by atoms with Gasteiger partial charge in [0.05, 0.1) is 4.75 Å². The van der Waals surface area contributed by atoms with Crippen LogP contribution < -0.4 is 10.6 Å². The van der Waals surface area contributed by atoms with Gasteiger partial charge in [0.15, 0.2) is 15.8 Å². The van der Waals surface area contributed by atoms with Gasteiger partial charge in [-0.1, -0.05) is 36.8 Å². The van der Waals surface area contributed by atoms with Gasteiger partial charge in [-0.15, -0.1) is 24.0 Å². The molecule has 0 aromatic heterocycles. The van der Waals surface area contributed by atoms with E-state index in [0.717, 1.165) is 6.54 Å². The minimum absolute atomic E-state index is 0. The summed E-state index contributed by atoms with van der Waals surface area (Å²) < 4.78 is 22.6. The number of hydrogen-bond acceptors (Lipinski definition) is 3. The minimum atomic E-state index is -3.13. The summed E-state index contributed by atoms with van der Waals surface area (Å²) in [5.41, 5.74) is 2.51. The molecule has 0 saturated heterocycles.